The number of rotatable bonds is 6. The molecule has 0 bridgehead atoms. The number of nitrogens with zero attached hydrogens (tertiary/aromatic N) is 3. The topological polar surface area (TPSA) is 42.2 Å². The number of thiophene rings is 1. The lowest BCUT2D eigenvalue weighted by atomic mass is 9.97. The summed E-state index contributed by atoms with van der Waals surface area (Å²) in [6.07, 6.45) is 8.08. The molecule has 1 fully saturated rings. The molecule has 0 aromatic carbocycles. The van der Waals surface area contributed by atoms with Crippen LogP contribution in [0.2, 0.25) is 0 Å². The van der Waals surface area contributed by atoms with Crippen molar-refractivity contribution in [1.29, 1.82) is 0 Å². The number of aromatic nitrogens is 2. The van der Waals surface area contributed by atoms with E-state index in [9.17, 15) is 0 Å². The van der Waals surface area contributed by atoms with E-state index < -0.39 is 0 Å². The van der Waals surface area contributed by atoms with Crippen molar-refractivity contribution in [2.45, 2.75) is 44.7 Å². The molecule has 4 rings (SSSR count). The summed E-state index contributed by atoms with van der Waals surface area (Å²) >= 11 is 1.86. The van der Waals surface area contributed by atoms with Crippen LogP contribution in [-0.2, 0) is 13.0 Å². The molecule has 3 aromatic heterocycles. The van der Waals surface area contributed by atoms with Crippen LogP contribution in [0.3, 0.4) is 0 Å². The van der Waals surface area contributed by atoms with Crippen LogP contribution in [-0.4, -0.2) is 27.6 Å². The zero-order valence-corrected chi connectivity index (χ0v) is 15.1. The van der Waals surface area contributed by atoms with Gasteiger partial charge in [0.05, 0.1) is 12.2 Å². The van der Waals surface area contributed by atoms with E-state index in [0.717, 1.165) is 30.2 Å². The van der Waals surface area contributed by atoms with Crippen molar-refractivity contribution in [3.05, 3.63) is 58.6 Å². The smallest absolute Gasteiger partial charge is 0.151 e. The van der Waals surface area contributed by atoms with E-state index in [2.05, 4.69) is 32.6 Å². The van der Waals surface area contributed by atoms with Gasteiger partial charge in [0.1, 0.15) is 5.69 Å². The van der Waals surface area contributed by atoms with Gasteiger partial charge in [-0.1, -0.05) is 23.7 Å². The molecule has 0 saturated carbocycles. The van der Waals surface area contributed by atoms with E-state index in [4.69, 9.17) is 4.52 Å². The Kier molecular flexibility index (Phi) is 5.23. The molecule has 0 unspecified atom stereocenters. The van der Waals surface area contributed by atoms with E-state index in [0.29, 0.717) is 6.04 Å². The number of likely N-dealkylation sites (tertiary alicyclic amines) is 1. The van der Waals surface area contributed by atoms with Crippen molar-refractivity contribution in [1.82, 2.24) is 15.0 Å². The molecule has 25 heavy (non-hydrogen) atoms. The number of aryl methyl sites for hydroxylation is 1. The lowest BCUT2D eigenvalue weighted by Crippen LogP contribution is -2.39. The molecule has 1 aliphatic rings. The number of hydrogen-bond acceptors (Lipinski definition) is 5. The first-order valence-electron chi connectivity index (χ1n) is 9.02. The largest absolute Gasteiger partial charge is 0.359 e. The van der Waals surface area contributed by atoms with Crippen molar-refractivity contribution in [2.24, 2.45) is 0 Å². The fraction of sp³-hybridized carbons (Fsp3) is 0.400. The Morgan fingerprint density at radius 2 is 2.16 bits per heavy atom. The summed E-state index contributed by atoms with van der Waals surface area (Å²) in [7, 11) is 0. The standard InChI is InChI=1S/C20H23N3OS/c1-3-11-21-19(8-1)20-14-17(24-22-20)15-23-12-4-2-6-16(23)9-10-18-7-5-13-25-18/h1,3,5,7-8,11,13-14,16H,2,4,6,9-10,12,15H2/t16-/m0/s1. The van der Waals surface area contributed by atoms with Gasteiger partial charge in [-0.05, 0) is 55.8 Å². The third-order valence-corrected chi connectivity index (χ3v) is 5.83. The van der Waals surface area contributed by atoms with Gasteiger partial charge in [0, 0.05) is 23.2 Å². The fourth-order valence-corrected chi connectivity index (χ4v) is 4.31. The molecule has 1 aliphatic heterocycles. The molecule has 0 N–H and O–H groups in total. The van der Waals surface area contributed by atoms with Gasteiger partial charge in [0.15, 0.2) is 5.76 Å². The number of pyridine rings is 1. The summed E-state index contributed by atoms with van der Waals surface area (Å²) in [6.45, 7) is 1.99. The molecule has 0 aliphatic carbocycles. The molecule has 5 heteroatoms. The Balaban J connectivity index is 1.40. The Morgan fingerprint density at radius 1 is 1.16 bits per heavy atom. The molecular formula is C20H23N3OS. The highest BCUT2D eigenvalue weighted by Gasteiger charge is 2.23. The summed E-state index contributed by atoms with van der Waals surface area (Å²) in [4.78, 5) is 8.40. The minimum absolute atomic E-state index is 0.638. The van der Waals surface area contributed by atoms with Crippen molar-refractivity contribution in [2.75, 3.05) is 6.54 Å². The highest BCUT2D eigenvalue weighted by Crippen LogP contribution is 2.25. The number of hydrogen-bond donors (Lipinski definition) is 0. The van der Waals surface area contributed by atoms with Crippen LogP contribution >= 0.6 is 11.3 Å². The maximum Gasteiger partial charge on any atom is 0.151 e. The van der Waals surface area contributed by atoms with E-state index >= 15 is 0 Å². The molecule has 130 valence electrons. The summed E-state index contributed by atoms with van der Waals surface area (Å²) in [6, 6.07) is 12.9. The Hall–Kier alpha value is -1.98. The van der Waals surface area contributed by atoms with Crippen LogP contribution in [0.4, 0.5) is 0 Å². The molecule has 1 saturated heterocycles. The van der Waals surface area contributed by atoms with Crippen molar-refractivity contribution in [3.8, 4) is 11.4 Å². The average molecular weight is 353 g/mol. The number of piperidine rings is 1. The van der Waals surface area contributed by atoms with Crippen LogP contribution in [0.5, 0.6) is 0 Å². The summed E-state index contributed by atoms with van der Waals surface area (Å²) in [5, 5.41) is 6.37. The van der Waals surface area contributed by atoms with Gasteiger partial charge in [-0.25, -0.2) is 0 Å². The quantitative estimate of drug-likeness (QED) is 0.639. The van der Waals surface area contributed by atoms with Crippen LogP contribution < -0.4 is 0 Å². The molecule has 4 nitrogen and oxygen atoms in total. The predicted octanol–water partition coefficient (Wildman–Crippen LogP) is 4.79. The van der Waals surface area contributed by atoms with Crippen molar-refractivity contribution < 1.29 is 4.52 Å². The van der Waals surface area contributed by atoms with E-state index in [1.54, 1.807) is 6.20 Å². The van der Waals surface area contributed by atoms with E-state index in [1.165, 1.54) is 37.0 Å². The minimum Gasteiger partial charge on any atom is -0.359 e. The molecule has 0 amide bonds. The lowest BCUT2D eigenvalue weighted by Gasteiger charge is -2.35. The fourth-order valence-electron chi connectivity index (χ4n) is 3.58. The van der Waals surface area contributed by atoms with Gasteiger partial charge < -0.3 is 4.52 Å². The second-order valence-corrected chi connectivity index (χ2v) is 7.66. The first-order chi connectivity index (χ1) is 12.4. The Labute approximate surface area is 152 Å². The highest BCUT2D eigenvalue weighted by atomic mass is 32.1. The summed E-state index contributed by atoms with van der Waals surface area (Å²) in [5.74, 6) is 0.934. The first-order valence-corrected chi connectivity index (χ1v) is 9.90. The Bertz CT molecular complexity index is 769. The average Bonchev–Trinajstić information content (AvgIpc) is 3.34. The zero-order valence-electron chi connectivity index (χ0n) is 14.3. The van der Waals surface area contributed by atoms with Gasteiger partial charge in [-0.15, -0.1) is 11.3 Å². The maximum atomic E-state index is 5.59. The predicted molar refractivity (Wildman–Crippen MR) is 100 cm³/mol. The van der Waals surface area contributed by atoms with Gasteiger partial charge >= 0.3 is 0 Å². The van der Waals surface area contributed by atoms with Gasteiger partial charge in [0.2, 0.25) is 0 Å². The van der Waals surface area contributed by atoms with E-state index in [-0.39, 0.29) is 0 Å². The molecular weight excluding hydrogens is 330 g/mol. The SMILES string of the molecule is c1ccc(-c2cc(CN3CCCC[C@H]3CCc3cccs3)on2)nc1. The Morgan fingerprint density at radius 3 is 3.00 bits per heavy atom. The maximum absolute atomic E-state index is 5.59. The van der Waals surface area contributed by atoms with E-state index in [1.807, 2.05) is 35.6 Å². The minimum atomic E-state index is 0.638. The van der Waals surface area contributed by atoms with Gasteiger partial charge in [-0.3, -0.25) is 9.88 Å². The second kappa shape index (κ2) is 7.93. The summed E-state index contributed by atoms with van der Waals surface area (Å²) in [5.41, 5.74) is 1.69. The molecule has 4 heterocycles. The van der Waals surface area contributed by atoms with Crippen molar-refractivity contribution >= 4 is 11.3 Å². The van der Waals surface area contributed by atoms with Crippen LogP contribution in [0, 0.1) is 0 Å². The molecule has 0 spiro atoms. The van der Waals surface area contributed by atoms with Crippen LogP contribution in [0.15, 0.2) is 52.5 Å². The monoisotopic (exact) mass is 353 g/mol. The van der Waals surface area contributed by atoms with Gasteiger partial charge in [0.25, 0.3) is 0 Å². The van der Waals surface area contributed by atoms with Crippen LogP contribution in [0.1, 0.15) is 36.3 Å². The molecule has 0 radical (unpaired) electrons. The normalized spacial score (nSPS) is 18.5. The van der Waals surface area contributed by atoms with Crippen molar-refractivity contribution in [3.63, 3.8) is 0 Å². The third kappa shape index (κ3) is 4.17. The third-order valence-electron chi connectivity index (χ3n) is 4.90. The zero-order chi connectivity index (χ0) is 16.9. The van der Waals surface area contributed by atoms with Crippen LogP contribution in [0.25, 0.3) is 11.4 Å². The second-order valence-electron chi connectivity index (χ2n) is 6.63. The summed E-state index contributed by atoms with van der Waals surface area (Å²) < 4.78 is 5.59. The highest BCUT2D eigenvalue weighted by molar-refractivity contribution is 7.09. The molecule has 3 aromatic rings. The lowest BCUT2D eigenvalue weighted by molar-refractivity contribution is 0.119. The molecule has 1 atom stereocenters. The first kappa shape index (κ1) is 16.5. The van der Waals surface area contributed by atoms with Gasteiger partial charge in [-0.2, -0.15) is 0 Å².